The molecule has 0 bridgehead atoms. The molecule has 0 amide bonds. The normalized spacial score (nSPS) is 13.4. The minimum Gasteiger partial charge on any atom is -0.497 e. The largest absolute Gasteiger partial charge is 0.497 e. The predicted molar refractivity (Wildman–Crippen MR) is 127 cm³/mol. The lowest BCUT2D eigenvalue weighted by Crippen LogP contribution is -2.45. The number of nitrogens with one attached hydrogen (secondary N) is 1. The van der Waals surface area contributed by atoms with Crippen LogP contribution in [0, 0.1) is 5.82 Å². The number of sulfonamides is 1. The summed E-state index contributed by atoms with van der Waals surface area (Å²) in [5.41, 5.74) is 0. The van der Waals surface area contributed by atoms with Crippen molar-refractivity contribution in [1.82, 2.24) is 14.6 Å². The predicted octanol–water partition coefficient (Wildman–Crippen LogP) is 2.86. The van der Waals surface area contributed by atoms with Crippen LogP contribution in [0.2, 0.25) is 0 Å². The molecule has 10 heteroatoms. The third-order valence-electron chi connectivity index (χ3n) is 4.18. The summed E-state index contributed by atoms with van der Waals surface area (Å²) in [5, 5.41) is 0. The fourth-order valence-electron chi connectivity index (χ4n) is 2.50. The van der Waals surface area contributed by atoms with Crippen LogP contribution in [-0.4, -0.2) is 79.9 Å². The summed E-state index contributed by atoms with van der Waals surface area (Å²) < 4.78 is 47.2. The Morgan fingerprint density at radius 2 is 1.53 bits per heavy atom. The van der Waals surface area contributed by atoms with Gasteiger partial charge in [0, 0.05) is 46.6 Å². The van der Waals surface area contributed by atoms with E-state index in [0.717, 1.165) is 26.2 Å². The van der Waals surface area contributed by atoms with Crippen LogP contribution in [-0.2, 0) is 14.8 Å². The van der Waals surface area contributed by atoms with Gasteiger partial charge in [0.2, 0.25) is 10.0 Å². The first-order valence-electron chi connectivity index (χ1n) is 10.3. The first-order chi connectivity index (χ1) is 15.3. The molecule has 0 unspecified atom stereocenters. The molecule has 1 aliphatic rings. The quantitative estimate of drug-likeness (QED) is 0.733. The molecule has 0 atom stereocenters. The zero-order chi connectivity index (χ0) is 24.6. The monoisotopic (exact) mass is 472 g/mol. The molecular weight excluding hydrogens is 435 g/mol. The van der Waals surface area contributed by atoms with Crippen molar-refractivity contribution in [3.8, 4) is 5.75 Å². The van der Waals surface area contributed by atoms with Crippen LogP contribution in [0.15, 0.2) is 47.5 Å². The minimum atomic E-state index is -3.33. The number of hydrogen-bond acceptors (Lipinski definition) is 7. The number of benzene rings is 1. The average Bonchev–Trinajstić information content (AvgIpc) is 2.82. The van der Waals surface area contributed by atoms with Crippen molar-refractivity contribution in [3.05, 3.63) is 48.4 Å². The van der Waals surface area contributed by atoms with Gasteiger partial charge < -0.3 is 19.3 Å². The second kappa shape index (κ2) is 16.4. The molecule has 1 aromatic heterocycles. The second-order valence-corrected chi connectivity index (χ2v) is 8.28. The van der Waals surface area contributed by atoms with Crippen LogP contribution < -0.4 is 14.4 Å². The molecule has 1 fully saturated rings. The van der Waals surface area contributed by atoms with Gasteiger partial charge in [0.25, 0.3) is 0 Å². The lowest BCUT2D eigenvalue weighted by molar-refractivity contribution is 0.277. The van der Waals surface area contributed by atoms with E-state index in [0.29, 0.717) is 11.6 Å². The molecule has 0 aliphatic carbocycles. The van der Waals surface area contributed by atoms with E-state index in [1.54, 1.807) is 38.6 Å². The van der Waals surface area contributed by atoms with E-state index in [9.17, 15) is 12.8 Å². The Kier molecular flexibility index (Phi) is 15.2. The van der Waals surface area contributed by atoms with E-state index >= 15 is 0 Å². The van der Waals surface area contributed by atoms with Gasteiger partial charge in [-0.1, -0.05) is 13.8 Å². The molecule has 182 valence electrons. The number of piperazine rings is 1. The highest BCUT2D eigenvalue weighted by molar-refractivity contribution is 7.89. The molecule has 1 saturated heterocycles. The number of methoxy groups -OCH3 is 2. The smallest absolute Gasteiger partial charge is 0.240 e. The second-order valence-electron chi connectivity index (χ2n) is 6.39. The van der Waals surface area contributed by atoms with Crippen LogP contribution in [0.3, 0.4) is 0 Å². The Morgan fingerprint density at radius 3 is 1.97 bits per heavy atom. The maximum absolute atomic E-state index is 13.4. The van der Waals surface area contributed by atoms with Gasteiger partial charge in [-0.05, 0) is 50.5 Å². The van der Waals surface area contributed by atoms with Crippen molar-refractivity contribution >= 4 is 15.8 Å². The topological polar surface area (TPSA) is 84.0 Å². The number of anilines is 1. The van der Waals surface area contributed by atoms with Crippen LogP contribution in [0.25, 0.3) is 0 Å². The Labute approximate surface area is 192 Å². The third-order valence-corrected chi connectivity index (χ3v) is 5.61. The van der Waals surface area contributed by atoms with E-state index in [-0.39, 0.29) is 10.7 Å². The lowest BCUT2D eigenvalue weighted by atomic mass is 10.3. The Morgan fingerprint density at radius 1 is 1.00 bits per heavy atom. The van der Waals surface area contributed by atoms with Crippen LogP contribution >= 0.6 is 0 Å². The summed E-state index contributed by atoms with van der Waals surface area (Å²) in [7, 11) is 4.90. The van der Waals surface area contributed by atoms with E-state index in [1.807, 2.05) is 18.7 Å². The maximum atomic E-state index is 13.4. The summed E-state index contributed by atoms with van der Waals surface area (Å²) in [5.74, 6) is 0.896. The summed E-state index contributed by atoms with van der Waals surface area (Å²) in [4.78, 5) is 8.52. The molecule has 1 aliphatic heterocycles. The molecule has 3 rings (SSSR count). The lowest BCUT2D eigenvalue weighted by Gasteiger charge is -2.33. The van der Waals surface area contributed by atoms with Gasteiger partial charge in [0.05, 0.1) is 12.0 Å². The SMILES string of the molecule is CC.CN1CCN(c2ncccc2F)CC1.CNS(=O)(=O)c1ccc(OC)cc1.COC. The molecule has 0 radical (unpaired) electrons. The van der Waals surface area contributed by atoms with Gasteiger partial charge in [0.15, 0.2) is 11.6 Å². The van der Waals surface area contributed by atoms with E-state index < -0.39 is 10.0 Å². The van der Waals surface area contributed by atoms with Gasteiger partial charge in [-0.15, -0.1) is 0 Å². The fourth-order valence-corrected chi connectivity index (χ4v) is 3.23. The summed E-state index contributed by atoms with van der Waals surface area (Å²) >= 11 is 0. The van der Waals surface area contributed by atoms with Crippen molar-refractivity contribution in [1.29, 1.82) is 0 Å². The number of halogens is 1. The van der Waals surface area contributed by atoms with Gasteiger partial charge >= 0.3 is 0 Å². The standard InChI is InChI=1S/C10H14FN3.C8H11NO3S.C2H6O.C2H6/c1-13-5-7-14(8-6-13)10-9(11)3-2-4-12-10;1-9-13(10,11)8-5-3-7(12-2)4-6-8;1-3-2;1-2/h2-4H,5-8H2,1H3;3-6,9H,1-2H3;1-2H3;1-2H3. The number of likely N-dealkylation sites (N-methyl/N-ethyl adjacent to an activating group) is 1. The number of ether oxygens (including phenoxy) is 2. The zero-order valence-electron chi connectivity index (χ0n) is 20.1. The van der Waals surface area contributed by atoms with Gasteiger partial charge in [-0.3, -0.25) is 0 Å². The Hall–Kier alpha value is -2.27. The number of rotatable bonds is 4. The summed E-state index contributed by atoms with van der Waals surface area (Å²) in [6, 6.07) is 9.26. The van der Waals surface area contributed by atoms with Crippen molar-refractivity contribution in [2.24, 2.45) is 0 Å². The molecule has 32 heavy (non-hydrogen) atoms. The van der Waals surface area contributed by atoms with Crippen molar-refractivity contribution < 1.29 is 22.3 Å². The molecular formula is C22H37FN4O4S. The first-order valence-corrected chi connectivity index (χ1v) is 11.8. The van der Waals surface area contributed by atoms with Gasteiger partial charge in [-0.25, -0.2) is 22.5 Å². The maximum Gasteiger partial charge on any atom is 0.240 e. The number of hydrogen-bond donors (Lipinski definition) is 1. The molecule has 0 spiro atoms. The van der Waals surface area contributed by atoms with E-state index in [2.05, 4.69) is 26.4 Å². The molecule has 2 heterocycles. The highest BCUT2D eigenvalue weighted by atomic mass is 32.2. The first kappa shape index (κ1) is 29.7. The minimum absolute atomic E-state index is 0.225. The average molecular weight is 473 g/mol. The summed E-state index contributed by atoms with van der Waals surface area (Å²) in [6.45, 7) is 7.64. The number of aromatic nitrogens is 1. The third kappa shape index (κ3) is 10.4. The van der Waals surface area contributed by atoms with Gasteiger partial charge in [0.1, 0.15) is 5.75 Å². The zero-order valence-corrected chi connectivity index (χ0v) is 20.9. The molecule has 1 aromatic carbocycles. The highest BCUT2D eigenvalue weighted by Gasteiger charge is 2.17. The van der Waals surface area contributed by atoms with Crippen molar-refractivity contribution in [3.63, 3.8) is 0 Å². The van der Waals surface area contributed by atoms with Gasteiger partial charge in [-0.2, -0.15) is 0 Å². The molecule has 1 N–H and O–H groups in total. The van der Waals surface area contributed by atoms with E-state index in [1.165, 1.54) is 32.4 Å². The summed E-state index contributed by atoms with van der Waals surface area (Å²) in [6.07, 6.45) is 1.64. The van der Waals surface area contributed by atoms with Crippen LogP contribution in [0.1, 0.15) is 13.8 Å². The highest BCUT2D eigenvalue weighted by Crippen LogP contribution is 2.16. The van der Waals surface area contributed by atoms with Crippen LogP contribution in [0.4, 0.5) is 10.2 Å². The Bertz CT molecular complexity index is 843. The fraction of sp³-hybridized carbons (Fsp3) is 0.500. The molecule has 8 nitrogen and oxygen atoms in total. The van der Waals surface area contributed by atoms with E-state index in [4.69, 9.17) is 4.74 Å². The van der Waals surface area contributed by atoms with Crippen LogP contribution in [0.5, 0.6) is 5.75 Å². The number of nitrogens with zero attached hydrogens (tertiary/aromatic N) is 3. The molecule has 2 aromatic rings. The van der Waals surface area contributed by atoms with Crippen molar-refractivity contribution in [2.45, 2.75) is 18.7 Å². The van der Waals surface area contributed by atoms with Crippen molar-refractivity contribution in [2.75, 3.05) is 66.5 Å². The Balaban J connectivity index is 0.000000502. The number of pyridine rings is 1. The molecule has 0 saturated carbocycles.